The maximum absolute atomic E-state index is 12.6. The van der Waals surface area contributed by atoms with Gasteiger partial charge in [-0.25, -0.2) is 0 Å². The summed E-state index contributed by atoms with van der Waals surface area (Å²) in [7, 11) is 0. The summed E-state index contributed by atoms with van der Waals surface area (Å²) < 4.78 is 0. The fourth-order valence-corrected chi connectivity index (χ4v) is 3.09. The Hall–Kier alpha value is -1.63. The minimum Gasteiger partial charge on any atom is -0.353 e. The van der Waals surface area contributed by atoms with E-state index in [0.29, 0.717) is 38.5 Å². The van der Waals surface area contributed by atoms with Crippen molar-refractivity contribution >= 4 is 17.7 Å². The van der Waals surface area contributed by atoms with Crippen LogP contribution in [0.2, 0.25) is 0 Å². The van der Waals surface area contributed by atoms with Crippen LogP contribution in [0.15, 0.2) is 0 Å². The molecule has 0 saturated carbocycles. The first-order chi connectivity index (χ1) is 11.2. The van der Waals surface area contributed by atoms with Crippen LogP contribution in [0.1, 0.15) is 41.0 Å². The molecule has 0 aromatic heterocycles. The highest BCUT2D eigenvalue weighted by Gasteiger charge is 2.42. The Bertz CT molecular complexity index is 465. The molecule has 0 spiro atoms. The zero-order chi connectivity index (χ0) is 18.4. The van der Waals surface area contributed by atoms with E-state index < -0.39 is 6.04 Å². The second kappa shape index (κ2) is 9.01. The van der Waals surface area contributed by atoms with Crippen molar-refractivity contribution in [1.29, 1.82) is 0 Å². The Kier molecular flexibility index (Phi) is 7.66. The van der Waals surface area contributed by atoms with Gasteiger partial charge in [0.2, 0.25) is 17.7 Å². The number of nitrogens with one attached hydrogen (secondary N) is 1. The Balaban J connectivity index is 2.95. The molecule has 0 aromatic rings. The van der Waals surface area contributed by atoms with Crippen LogP contribution in [0.25, 0.3) is 0 Å². The zero-order valence-electron chi connectivity index (χ0n) is 15.5. The molecule has 2 atom stereocenters. The van der Waals surface area contributed by atoms with Crippen molar-refractivity contribution < 1.29 is 14.4 Å². The quantitative estimate of drug-likeness (QED) is 0.691. The highest BCUT2D eigenvalue weighted by molar-refractivity contribution is 5.88. The number of carbonyl (C=O) groups excluding carboxylic acids is 3. The number of amides is 3. The van der Waals surface area contributed by atoms with E-state index in [9.17, 15) is 14.4 Å². The lowest BCUT2D eigenvalue weighted by Crippen LogP contribution is -2.46. The molecule has 7 heteroatoms. The lowest BCUT2D eigenvalue weighted by molar-refractivity contribution is -0.138. The maximum atomic E-state index is 12.6. The van der Waals surface area contributed by atoms with Gasteiger partial charge >= 0.3 is 0 Å². The summed E-state index contributed by atoms with van der Waals surface area (Å²) in [5.74, 6) is -0.0602. The summed E-state index contributed by atoms with van der Waals surface area (Å²) >= 11 is 0. The van der Waals surface area contributed by atoms with Crippen molar-refractivity contribution in [1.82, 2.24) is 15.1 Å². The number of rotatable bonds is 7. The van der Waals surface area contributed by atoms with Gasteiger partial charge in [0.1, 0.15) is 6.04 Å². The van der Waals surface area contributed by atoms with Crippen LogP contribution in [-0.2, 0) is 14.4 Å². The summed E-state index contributed by atoms with van der Waals surface area (Å²) in [4.78, 5) is 40.3. The monoisotopic (exact) mass is 340 g/mol. The predicted octanol–water partition coefficient (Wildman–Crippen LogP) is 0.191. The standard InChI is InChI=1S/C17H32N4O3/c1-11(2)9-21(17(24)12(3)4)14-8-15(16(23)19-7-6-18)20(10-14)13(5)22/h11-12,14-15H,6-10,18H2,1-5H3,(H,19,23). The molecule has 1 heterocycles. The second-order valence-corrected chi connectivity index (χ2v) is 7.20. The molecule has 2 unspecified atom stereocenters. The molecule has 0 aromatic carbocycles. The van der Waals surface area contributed by atoms with Crippen molar-refractivity contribution in [3.63, 3.8) is 0 Å². The van der Waals surface area contributed by atoms with E-state index in [1.54, 1.807) is 4.90 Å². The van der Waals surface area contributed by atoms with Crippen molar-refractivity contribution in [2.45, 2.75) is 53.1 Å². The largest absolute Gasteiger partial charge is 0.353 e. The van der Waals surface area contributed by atoms with Crippen LogP contribution < -0.4 is 11.1 Å². The van der Waals surface area contributed by atoms with Crippen LogP contribution in [0.5, 0.6) is 0 Å². The van der Waals surface area contributed by atoms with Crippen molar-refractivity contribution in [3.05, 3.63) is 0 Å². The molecule has 1 aliphatic rings. The summed E-state index contributed by atoms with van der Waals surface area (Å²) in [5, 5.41) is 2.75. The third-order valence-electron chi connectivity index (χ3n) is 4.21. The molecule has 1 rings (SSSR count). The number of nitrogens with two attached hydrogens (primary N) is 1. The van der Waals surface area contributed by atoms with Gasteiger partial charge in [-0.15, -0.1) is 0 Å². The van der Waals surface area contributed by atoms with Crippen LogP contribution in [0, 0.1) is 11.8 Å². The van der Waals surface area contributed by atoms with Gasteiger partial charge in [-0.2, -0.15) is 0 Å². The van der Waals surface area contributed by atoms with Gasteiger partial charge < -0.3 is 20.9 Å². The first kappa shape index (κ1) is 20.4. The minimum absolute atomic E-state index is 0.0696. The fourth-order valence-electron chi connectivity index (χ4n) is 3.09. The van der Waals surface area contributed by atoms with Gasteiger partial charge in [-0.3, -0.25) is 14.4 Å². The predicted molar refractivity (Wildman–Crippen MR) is 93.0 cm³/mol. The number of nitrogens with zero attached hydrogens (tertiary/aromatic N) is 2. The molecule has 1 saturated heterocycles. The number of hydrogen-bond donors (Lipinski definition) is 2. The van der Waals surface area contributed by atoms with E-state index in [4.69, 9.17) is 5.73 Å². The SMILES string of the molecule is CC(=O)N1CC(N(CC(C)C)C(=O)C(C)C)CC1C(=O)NCCN. The van der Waals surface area contributed by atoms with Gasteiger partial charge in [0.15, 0.2) is 0 Å². The summed E-state index contributed by atoms with van der Waals surface area (Å²) in [6.45, 7) is 11.1. The zero-order valence-corrected chi connectivity index (χ0v) is 15.5. The van der Waals surface area contributed by atoms with E-state index in [-0.39, 0.29) is 29.7 Å². The minimum atomic E-state index is -0.534. The Morgan fingerprint density at radius 2 is 1.88 bits per heavy atom. The molecule has 7 nitrogen and oxygen atoms in total. The molecule has 0 radical (unpaired) electrons. The van der Waals surface area contributed by atoms with Crippen LogP contribution >= 0.6 is 0 Å². The first-order valence-electron chi connectivity index (χ1n) is 8.74. The van der Waals surface area contributed by atoms with Crippen molar-refractivity contribution in [2.75, 3.05) is 26.2 Å². The van der Waals surface area contributed by atoms with E-state index in [1.807, 2.05) is 18.7 Å². The molecular weight excluding hydrogens is 308 g/mol. The van der Waals surface area contributed by atoms with Gasteiger partial charge in [-0.05, 0) is 12.3 Å². The smallest absolute Gasteiger partial charge is 0.242 e. The van der Waals surface area contributed by atoms with E-state index >= 15 is 0 Å². The fraction of sp³-hybridized carbons (Fsp3) is 0.824. The normalized spacial score (nSPS) is 20.6. The van der Waals surface area contributed by atoms with Crippen molar-refractivity contribution in [2.24, 2.45) is 17.6 Å². The Labute approximate surface area is 144 Å². The maximum Gasteiger partial charge on any atom is 0.242 e. The highest BCUT2D eigenvalue weighted by atomic mass is 16.2. The van der Waals surface area contributed by atoms with E-state index in [1.165, 1.54) is 6.92 Å². The summed E-state index contributed by atoms with van der Waals surface area (Å²) in [6, 6.07) is -0.659. The topological polar surface area (TPSA) is 95.7 Å². The average molecular weight is 340 g/mol. The molecule has 24 heavy (non-hydrogen) atoms. The van der Waals surface area contributed by atoms with Crippen LogP contribution in [0.3, 0.4) is 0 Å². The highest BCUT2D eigenvalue weighted by Crippen LogP contribution is 2.25. The third kappa shape index (κ3) is 5.19. The molecule has 3 amide bonds. The van der Waals surface area contributed by atoms with Gasteiger partial charge in [0, 0.05) is 39.0 Å². The molecular formula is C17H32N4O3. The number of carbonyl (C=O) groups is 3. The lowest BCUT2D eigenvalue weighted by Gasteiger charge is -2.32. The third-order valence-corrected chi connectivity index (χ3v) is 4.21. The molecule has 3 N–H and O–H groups in total. The van der Waals surface area contributed by atoms with Crippen LogP contribution in [-0.4, -0.2) is 65.8 Å². The molecule has 138 valence electrons. The second-order valence-electron chi connectivity index (χ2n) is 7.20. The molecule has 1 fully saturated rings. The Morgan fingerprint density at radius 3 is 2.33 bits per heavy atom. The molecule has 1 aliphatic heterocycles. The number of likely N-dealkylation sites (tertiary alicyclic amines) is 1. The van der Waals surface area contributed by atoms with Crippen LogP contribution in [0.4, 0.5) is 0 Å². The van der Waals surface area contributed by atoms with E-state index in [2.05, 4.69) is 19.2 Å². The lowest BCUT2D eigenvalue weighted by atomic mass is 10.1. The number of hydrogen-bond acceptors (Lipinski definition) is 4. The van der Waals surface area contributed by atoms with Gasteiger partial charge in [0.25, 0.3) is 0 Å². The first-order valence-corrected chi connectivity index (χ1v) is 8.74. The molecule has 0 aliphatic carbocycles. The average Bonchev–Trinajstić information content (AvgIpc) is 2.94. The van der Waals surface area contributed by atoms with Crippen molar-refractivity contribution in [3.8, 4) is 0 Å². The Morgan fingerprint density at radius 1 is 1.25 bits per heavy atom. The van der Waals surface area contributed by atoms with E-state index in [0.717, 1.165) is 0 Å². The van der Waals surface area contributed by atoms with Gasteiger partial charge in [-0.1, -0.05) is 27.7 Å². The van der Waals surface area contributed by atoms with Gasteiger partial charge in [0.05, 0.1) is 6.04 Å². The summed E-state index contributed by atoms with van der Waals surface area (Å²) in [5.41, 5.74) is 5.43. The summed E-state index contributed by atoms with van der Waals surface area (Å²) in [6.07, 6.45) is 0.473. The molecule has 0 bridgehead atoms.